The molecular formula is C14H18N2O4. The lowest BCUT2D eigenvalue weighted by Crippen LogP contribution is -2.18. The molecule has 20 heavy (non-hydrogen) atoms. The van der Waals surface area contributed by atoms with Gasteiger partial charge in [0.15, 0.2) is 0 Å². The predicted molar refractivity (Wildman–Crippen MR) is 74.3 cm³/mol. The van der Waals surface area contributed by atoms with Gasteiger partial charge in [-0.05, 0) is 37.8 Å². The summed E-state index contributed by atoms with van der Waals surface area (Å²) in [6, 6.07) is 2.92. The second-order valence-corrected chi connectivity index (χ2v) is 4.68. The summed E-state index contributed by atoms with van der Waals surface area (Å²) in [5, 5.41) is 0. The number of ether oxygens (including phenoxy) is 2. The topological polar surface area (TPSA) is 105 Å². The molecule has 4 N–H and O–H groups in total. The van der Waals surface area contributed by atoms with Crippen LogP contribution in [0.2, 0.25) is 0 Å². The highest BCUT2D eigenvalue weighted by Crippen LogP contribution is 2.26. The molecular weight excluding hydrogens is 260 g/mol. The Balaban J connectivity index is 2.39. The van der Waals surface area contributed by atoms with Crippen molar-refractivity contribution in [2.24, 2.45) is 0 Å². The largest absolute Gasteiger partial charge is 0.462 e. The second kappa shape index (κ2) is 6.27. The third-order valence-electron chi connectivity index (χ3n) is 3.21. The molecule has 1 aromatic carbocycles. The van der Waals surface area contributed by atoms with Gasteiger partial charge in [0.05, 0.1) is 35.7 Å². The Morgan fingerprint density at radius 3 is 2.10 bits per heavy atom. The highest BCUT2D eigenvalue weighted by molar-refractivity contribution is 6.08. The first-order valence-electron chi connectivity index (χ1n) is 6.63. The molecule has 6 heteroatoms. The van der Waals surface area contributed by atoms with E-state index in [-0.39, 0.29) is 22.5 Å². The van der Waals surface area contributed by atoms with Crippen molar-refractivity contribution in [2.45, 2.75) is 25.7 Å². The molecule has 0 atom stereocenters. The van der Waals surface area contributed by atoms with Gasteiger partial charge < -0.3 is 20.9 Å². The molecule has 1 aromatic rings. The highest BCUT2D eigenvalue weighted by Gasteiger charge is 2.24. The molecule has 0 amide bonds. The molecule has 1 aliphatic heterocycles. The summed E-state index contributed by atoms with van der Waals surface area (Å²) in [6.45, 7) is 0.638. The minimum Gasteiger partial charge on any atom is -0.462 e. The van der Waals surface area contributed by atoms with Crippen molar-refractivity contribution < 1.29 is 19.1 Å². The number of anilines is 2. The van der Waals surface area contributed by atoms with Crippen molar-refractivity contribution >= 4 is 23.3 Å². The first kappa shape index (κ1) is 14.2. The van der Waals surface area contributed by atoms with Crippen LogP contribution >= 0.6 is 0 Å². The van der Waals surface area contributed by atoms with E-state index in [4.69, 9.17) is 20.9 Å². The molecule has 6 nitrogen and oxygen atoms in total. The summed E-state index contributed by atoms with van der Waals surface area (Å²) < 4.78 is 10.3. The number of nitrogens with two attached hydrogens (primary N) is 2. The Morgan fingerprint density at radius 2 is 1.45 bits per heavy atom. The second-order valence-electron chi connectivity index (χ2n) is 4.68. The lowest BCUT2D eigenvalue weighted by Gasteiger charge is -2.14. The van der Waals surface area contributed by atoms with Gasteiger partial charge in [0.2, 0.25) is 0 Å². The molecule has 108 valence electrons. The zero-order chi connectivity index (χ0) is 14.5. The van der Waals surface area contributed by atoms with Gasteiger partial charge >= 0.3 is 11.9 Å². The zero-order valence-electron chi connectivity index (χ0n) is 11.2. The number of carbonyl (C=O) groups is 2. The standard InChI is InChI=1S/C14H18N2O4/c15-10-6-5-9-11(12(10)16)14(18)20-8-4-2-1-3-7-19-13(9)17/h5-6H,1-4,7-8,15-16H2. The van der Waals surface area contributed by atoms with Crippen LogP contribution in [0.25, 0.3) is 0 Å². The maximum atomic E-state index is 12.1. The van der Waals surface area contributed by atoms with E-state index in [1.165, 1.54) is 12.1 Å². The van der Waals surface area contributed by atoms with Crippen molar-refractivity contribution in [3.63, 3.8) is 0 Å². The number of cyclic esters (lactones) is 2. The molecule has 0 spiro atoms. The van der Waals surface area contributed by atoms with E-state index in [2.05, 4.69) is 0 Å². The molecule has 2 rings (SSSR count). The van der Waals surface area contributed by atoms with Crippen molar-refractivity contribution in [2.75, 3.05) is 24.7 Å². The van der Waals surface area contributed by atoms with E-state index < -0.39 is 11.9 Å². The minimum atomic E-state index is -0.637. The van der Waals surface area contributed by atoms with Gasteiger partial charge in [-0.2, -0.15) is 0 Å². The first-order valence-corrected chi connectivity index (χ1v) is 6.63. The van der Waals surface area contributed by atoms with Gasteiger partial charge in [0.1, 0.15) is 0 Å². The summed E-state index contributed by atoms with van der Waals surface area (Å²) in [6.07, 6.45) is 3.42. The predicted octanol–water partition coefficient (Wildman–Crippen LogP) is 1.74. The molecule has 0 unspecified atom stereocenters. The smallest absolute Gasteiger partial charge is 0.341 e. The zero-order valence-corrected chi connectivity index (χ0v) is 11.2. The van der Waals surface area contributed by atoms with E-state index in [0.717, 1.165) is 25.7 Å². The fourth-order valence-electron chi connectivity index (χ4n) is 2.06. The van der Waals surface area contributed by atoms with Crippen LogP contribution in [0, 0.1) is 0 Å². The third kappa shape index (κ3) is 3.01. The molecule has 0 radical (unpaired) electrons. The van der Waals surface area contributed by atoms with Gasteiger partial charge in [-0.1, -0.05) is 0 Å². The number of benzene rings is 1. The Bertz CT molecular complexity index is 528. The number of hydrogen-bond donors (Lipinski definition) is 2. The maximum Gasteiger partial charge on any atom is 0.341 e. The van der Waals surface area contributed by atoms with Crippen molar-refractivity contribution in [1.82, 2.24) is 0 Å². The number of carbonyl (C=O) groups excluding carboxylic acids is 2. The number of nitrogen functional groups attached to an aromatic ring is 2. The molecule has 0 aliphatic carbocycles. The van der Waals surface area contributed by atoms with Gasteiger partial charge in [-0.15, -0.1) is 0 Å². The molecule has 1 aliphatic rings. The normalized spacial score (nSPS) is 17.2. The van der Waals surface area contributed by atoms with Gasteiger partial charge in [0, 0.05) is 0 Å². The quantitative estimate of drug-likeness (QED) is 0.553. The Hall–Kier alpha value is -2.24. The van der Waals surface area contributed by atoms with Crippen molar-refractivity contribution in [3.05, 3.63) is 23.3 Å². The van der Waals surface area contributed by atoms with Gasteiger partial charge in [-0.25, -0.2) is 9.59 Å². The molecule has 0 fully saturated rings. The number of fused-ring (bicyclic) bond motifs is 1. The van der Waals surface area contributed by atoms with Crippen LogP contribution in [0.15, 0.2) is 12.1 Å². The molecule has 0 saturated heterocycles. The molecule has 0 bridgehead atoms. The molecule has 0 aromatic heterocycles. The summed E-state index contributed by atoms with van der Waals surface area (Å²) in [7, 11) is 0. The maximum absolute atomic E-state index is 12.1. The van der Waals surface area contributed by atoms with Gasteiger partial charge in [-0.3, -0.25) is 0 Å². The summed E-state index contributed by atoms with van der Waals surface area (Å²) in [4.78, 5) is 24.1. The minimum absolute atomic E-state index is 0.00410. The van der Waals surface area contributed by atoms with E-state index in [9.17, 15) is 9.59 Å². The molecule has 1 heterocycles. The SMILES string of the molecule is Nc1ccc2c(c1N)C(=O)OCCCCCCOC2=O. The number of rotatable bonds is 0. The fraction of sp³-hybridized carbons (Fsp3) is 0.429. The number of hydrogen-bond acceptors (Lipinski definition) is 6. The van der Waals surface area contributed by atoms with Crippen LogP contribution in [-0.4, -0.2) is 25.2 Å². The Labute approximate surface area is 117 Å². The first-order chi connectivity index (χ1) is 9.61. The average Bonchev–Trinajstić information content (AvgIpc) is 2.42. The van der Waals surface area contributed by atoms with Crippen LogP contribution in [-0.2, 0) is 9.47 Å². The lowest BCUT2D eigenvalue weighted by molar-refractivity contribution is 0.0436. The lowest BCUT2D eigenvalue weighted by atomic mass is 10.0. The van der Waals surface area contributed by atoms with Crippen molar-refractivity contribution in [3.8, 4) is 0 Å². The van der Waals surface area contributed by atoms with E-state index in [1.54, 1.807) is 0 Å². The van der Waals surface area contributed by atoms with E-state index in [1.807, 2.05) is 0 Å². The van der Waals surface area contributed by atoms with Crippen LogP contribution in [0.3, 0.4) is 0 Å². The summed E-state index contributed by atoms with van der Waals surface area (Å²) in [5.41, 5.74) is 11.9. The average molecular weight is 278 g/mol. The van der Waals surface area contributed by atoms with Crippen LogP contribution in [0.4, 0.5) is 11.4 Å². The molecule has 0 saturated carbocycles. The van der Waals surface area contributed by atoms with Crippen LogP contribution < -0.4 is 11.5 Å². The van der Waals surface area contributed by atoms with Gasteiger partial charge in [0.25, 0.3) is 0 Å². The van der Waals surface area contributed by atoms with E-state index >= 15 is 0 Å². The van der Waals surface area contributed by atoms with Crippen molar-refractivity contribution in [1.29, 1.82) is 0 Å². The Kier molecular flexibility index (Phi) is 4.45. The number of esters is 2. The monoisotopic (exact) mass is 278 g/mol. The van der Waals surface area contributed by atoms with Crippen LogP contribution in [0.5, 0.6) is 0 Å². The van der Waals surface area contributed by atoms with Crippen LogP contribution in [0.1, 0.15) is 46.4 Å². The fourth-order valence-corrected chi connectivity index (χ4v) is 2.06. The summed E-state index contributed by atoms with van der Waals surface area (Å²) >= 11 is 0. The Morgan fingerprint density at radius 1 is 0.850 bits per heavy atom. The summed E-state index contributed by atoms with van der Waals surface area (Å²) in [5.74, 6) is -1.22. The highest BCUT2D eigenvalue weighted by atomic mass is 16.5. The third-order valence-corrected chi connectivity index (χ3v) is 3.21. The van der Waals surface area contributed by atoms with E-state index in [0.29, 0.717) is 13.2 Å².